The number of alkyl halides is 3. The van der Waals surface area contributed by atoms with Crippen LogP contribution in [0.25, 0.3) is 0 Å². The summed E-state index contributed by atoms with van der Waals surface area (Å²) in [5.41, 5.74) is -1.95. The molecule has 0 aliphatic carbocycles. The molecule has 25 heavy (non-hydrogen) atoms. The Morgan fingerprint density at radius 2 is 1.88 bits per heavy atom. The second-order valence-electron chi connectivity index (χ2n) is 5.62. The maximum atomic E-state index is 13.0. The van der Waals surface area contributed by atoms with Crippen LogP contribution in [0.4, 0.5) is 18.9 Å². The highest BCUT2D eigenvalue weighted by molar-refractivity contribution is 9.10. The van der Waals surface area contributed by atoms with Crippen molar-refractivity contribution in [2.75, 3.05) is 18.6 Å². The van der Waals surface area contributed by atoms with Gasteiger partial charge < -0.3 is 9.64 Å². The molecule has 1 unspecified atom stereocenters. The van der Waals surface area contributed by atoms with Crippen molar-refractivity contribution in [2.24, 2.45) is 0 Å². The van der Waals surface area contributed by atoms with E-state index in [4.69, 9.17) is 4.74 Å². The van der Waals surface area contributed by atoms with Crippen LogP contribution in [0.5, 0.6) is 0 Å². The first-order valence-electron chi connectivity index (χ1n) is 7.45. The minimum Gasteiger partial charge on any atom is -0.362 e. The van der Waals surface area contributed by atoms with E-state index in [1.54, 1.807) is 24.3 Å². The smallest absolute Gasteiger partial charge is 0.362 e. The molecule has 2 heterocycles. The number of nitrogens with zero attached hydrogens (tertiary/aromatic N) is 2. The molecule has 4 nitrogen and oxygen atoms in total. The molecule has 8 heteroatoms. The number of hydrogen-bond donors (Lipinski definition) is 0. The summed E-state index contributed by atoms with van der Waals surface area (Å²) >= 11 is 3.32. The molecule has 3 rings (SSSR count). The van der Waals surface area contributed by atoms with Gasteiger partial charge in [0.05, 0.1) is 5.69 Å². The summed E-state index contributed by atoms with van der Waals surface area (Å²) < 4.78 is 45.1. The zero-order valence-corrected chi connectivity index (χ0v) is 14.8. The van der Waals surface area contributed by atoms with E-state index < -0.39 is 23.4 Å². The lowest BCUT2D eigenvalue weighted by atomic mass is 9.96. The van der Waals surface area contributed by atoms with Crippen molar-refractivity contribution >= 4 is 27.5 Å². The van der Waals surface area contributed by atoms with Gasteiger partial charge in [-0.2, -0.15) is 13.2 Å². The molecule has 1 amide bonds. The SMILES string of the molecule is COC1(c2cccc(C(F)(F)F)n2)CCN(c2ccc(Br)cc2)C1=O. The fourth-order valence-electron chi connectivity index (χ4n) is 2.91. The third kappa shape index (κ3) is 3.16. The number of ether oxygens (including phenoxy) is 1. The largest absolute Gasteiger partial charge is 0.433 e. The van der Waals surface area contributed by atoms with Gasteiger partial charge in [0.15, 0.2) is 5.60 Å². The van der Waals surface area contributed by atoms with E-state index in [0.717, 1.165) is 10.5 Å². The summed E-state index contributed by atoms with van der Waals surface area (Å²) in [4.78, 5) is 18.1. The molecule has 0 bridgehead atoms. The molecule has 1 aliphatic rings. The fourth-order valence-corrected chi connectivity index (χ4v) is 3.18. The Kier molecular flexibility index (Phi) is 4.59. The number of amides is 1. The van der Waals surface area contributed by atoms with E-state index in [1.807, 2.05) is 0 Å². The van der Waals surface area contributed by atoms with Crippen LogP contribution in [0, 0.1) is 0 Å². The molecule has 0 spiro atoms. The molecule has 2 aromatic rings. The van der Waals surface area contributed by atoms with E-state index >= 15 is 0 Å². The Labute approximate surface area is 150 Å². The maximum Gasteiger partial charge on any atom is 0.433 e. The number of halogens is 4. The summed E-state index contributed by atoms with van der Waals surface area (Å²) in [6.45, 7) is 0.326. The lowest BCUT2D eigenvalue weighted by molar-refractivity contribution is -0.144. The number of hydrogen-bond acceptors (Lipinski definition) is 3. The summed E-state index contributed by atoms with van der Waals surface area (Å²) in [5.74, 6) is -0.427. The number of carbonyl (C=O) groups excluding carboxylic acids is 1. The van der Waals surface area contributed by atoms with Crippen LogP contribution in [0.1, 0.15) is 17.8 Å². The van der Waals surface area contributed by atoms with Gasteiger partial charge in [0.1, 0.15) is 5.69 Å². The zero-order chi connectivity index (χ0) is 18.2. The highest BCUT2D eigenvalue weighted by Crippen LogP contribution is 2.39. The van der Waals surface area contributed by atoms with Gasteiger partial charge in [0.2, 0.25) is 0 Å². The predicted molar refractivity (Wildman–Crippen MR) is 89.0 cm³/mol. The molecular weight excluding hydrogens is 401 g/mol. The number of anilines is 1. The average Bonchev–Trinajstić information content (AvgIpc) is 2.93. The number of methoxy groups -OCH3 is 1. The first-order chi connectivity index (χ1) is 11.8. The van der Waals surface area contributed by atoms with Crippen molar-refractivity contribution in [1.82, 2.24) is 4.98 Å². The molecular formula is C17H14BrF3N2O2. The molecule has 1 aromatic heterocycles. The molecule has 0 radical (unpaired) electrons. The van der Waals surface area contributed by atoms with Gasteiger partial charge in [-0.25, -0.2) is 4.98 Å². The average molecular weight is 415 g/mol. The quantitative estimate of drug-likeness (QED) is 0.757. The standard InChI is InChI=1S/C17H14BrF3N2O2/c1-25-16(13-3-2-4-14(22-13)17(19,20)21)9-10-23(15(16)24)12-7-5-11(18)6-8-12/h2-8H,9-10H2,1H3. The molecule has 0 N–H and O–H groups in total. The van der Waals surface area contributed by atoms with Gasteiger partial charge in [0, 0.05) is 30.2 Å². The van der Waals surface area contributed by atoms with E-state index in [2.05, 4.69) is 20.9 Å². The predicted octanol–water partition coefficient (Wildman–Crippen LogP) is 4.14. The fraction of sp³-hybridized carbons (Fsp3) is 0.294. The van der Waals surface area contributed by atoms with Crippen LogP contribution in [-0.2, 0) is 21.3 Å². The number of carbonyl (C=O) groups is 1. The van der Waals surface area contributed by atoms with Gasteiger partial charge >= 0.3 is 6.18 Å². The molecule has 1 aromatic carbocycles. The Morgan fingerprint density at radius 1 is 1.20 bits per heavy atom. The number of benzene rings is 1. The lowest BCUT2D eigenvalue weighted by Crippen LogP contribution is -2.40. The van der Waals surface area contributed by atoms with Crippen molar-refractivity contribution < 1.29 is 22.7 Å². The Hall–Kier alpha value is -1.93. The Morgan fingerprint density at radius 3 is 2.48 bits per heavy atom. The Balaban J connectivity index is 1.99. The molecule has 1 saturated heterocycles. The van der Waals surface area contributed by atoms with Crippen molar-refractivity contribution in [2.45, 2.75) is 18.2 Å². The monoisotopic (exact) mass is 414 g/mol. The third-order valence-corrected chi connectivity index (χ3v) is 4.75. The minimum absolute atomic E-state index is 0.0329. The number of pyridine rings is 1. The van der Waals surface area contributed by atoms with Gasteiger partial charge in [-0.15, -0.1) is 0 Å². The molecule has 132 valence electrons. The first kappa shape index (κ1) is 17.9. The number of rotatable bonds is 3. The molecule has 0 saturated carbocycles. The summed E-state index contributed by atoms with van der Waals surface area (Å²) in [7, 11) is 1.31. The van der Waals surface area contributed by atoms with E-state index in [0.29, 0.717) is 12.2 Å². The van der Waals surface area contributed by atoms with Crippen LogP contribution in [0.3, 0.4) is 0 Å². The summed E-state index contributed by atoms with van der Waals surface area (Å²) in [6, 6.07) is 10.6. The van der Waals surface area contributed by atoms with Crippen LogP contribution < -0.4 is 4.90 Å². The van der Waals surface area contributed by atoms with E-state index in [9.17, 15) is 18.0 Å². The molecule has 1 atom stereocenters. The van der Waals surface area contributed by atoms with Gasteiger partial charge in [-0.1, -0.05) is 22.0 Å². The maximum absolute atomic E-state index is 13.0. The number of aromatic nitrogens is 1. The second kappa shape index (κ2) is 6.42. The first-order valence-corrected chi connectivity index (χ1v) is 8.25. The Bertz CT molecular complexity index is 795. The van der Waals surface area contributed by atoms with E-state index in [1.165, 1.54) is 24.1 Å². The van der Waals surface area contributed by atoms with Crippen molar-refractivity contribution in [3.63, 3.8) is 0 Å². The van der Waals surface area contributed by atoms with Gasteiger partial charge in [-0.05, 0) is 36.4 Å². The van der Waals surface area contributed by atoms with Crippen LogP contribution in [-0.4, -0.2) is 24.5 Å². The van der Waals surface area contributed by atoms with Gasteiger partial charge in [0.25, 0.3) is 5.91 Å². The summed E-state index contributed by atoms with van der Waals surface area (Å²) in [5, 5.41) is 0. The van der Waals surface area contributed by atoms with Crippen LogP contribution in [0.2, 0.25) is 0 Å². The highest BCUT2D eigenvalue weighted by Gasteiger charge is 2.51. The van der Waals surface area contributed by atoms with Gasteiger partial charge in [-0.3, -0.25) is 4.79 Å². The molecule has 1 fully saturated rings. The molecule has 1 aliphatic heterocycles. The third-order valence-electron chi connectivity index (χ3n) is 4.22. The van der Waals surface area contributed by atoms with Crippen molar-refractivity contribution in [1.29, 1.82) is 0 Å². The highest BCUT2D eigenvalue weighted by atomic mass is 79.9. The lowest BCUT2D eigenvalue weighted by Gasteiger charge is -2.26. The summed E-state index contributed by atoms with van der Waals surface area (Å²) in [6.07, 6.45) is -4.37. The normalized spacial score (nSPS) is 21.0. The van der Waals surface area contributed by atoms with Crippen LogP contribution in [0.15, 0.2) is 46.9 Å². The van der Waals surface area contributed by atoms with Crippen molar-refractivity contribution in [3.8, 4) is 0 Å². The van der Waals surface area contributed by atoms with Crippen LogP contribution >= 0.6 is 15.9 Å². The topological polar surface area (TPSA) is 42.4 Å². The minimum atomic E-state index is -4.59. The van der Waals surface area contributed by atoms with E-state index in [-0.39, 0.29) is 12.1 Å². The van der Waals surface area contributed by atoms with Crippen molar-refractivity contribution in [3.05, 3.63) is 58.3 Å². The zero-order valence-electron chi connectivity index (χ0n) is 13.2. The second-order valence-corrected chi connectivity index (χ2v) is 6.54.